The van der Waals surface area contributed by atoms with Crippen LogP contribution in [0.2, 0.25) is 0 Å². The van der Waals surface area contributed by atoms with Gasteiger partial charge in [0, 0.05) is 23.2 Å². The number of nitrogens with zero attached hydrogens (tertiary/aromatic N) is 1. The van der Waals surface area contributed by atoms with Gasteiger partial charge in [-0.05, 0) is 37.0 Å². The molecule has 19 heavy (non-hydrogen) atoms. The predicted octanol–water partition coefficient (Wildman–Crippen LogP) is 3.72. The molecule has 106 valence electrons. The van der Waals surface area contributed by atoms with Crippen molar-refractivity contribution in [2.24, 2.45) is 5.92 Å². The fourth-order valence-electron chi connectivity index (χ4n) is 2.48. The Labute approximate surface area is 129 Å². The smallest absolute Gasteiger partial charge is 0.255 e. The number of hydrogen-bond donors (Lipinski definition) is 1. The molecular formula is C14H20BrClN2O. The quantitative estimate of drug-likeness (QED) is 0.829. The van der Waals surface area contributed by atoms with Crippen LogP contribution in [-0.4, -0.2) is 23.9 Å². The molecule has 1 heterocycles. The van der Waals surface area contributed by atoms with E-state index in [1.54, 1.807) is 12.1 Å². The van der Waals surface area contributed by atoms with Crippen molar-refractivity contribution in [2.75, 3.05) is 18.8 Å². The molecule has 2 rings (SSSR count). The third kappa shape index (κ3) is 3.86. The van der Waals surface area contributed by atoms with Gasteiger partial charge in [0.1, 0.15) is 0 Å². The van der Waals surface area contributed by atoms with Crippen LogP contribution in [0.1, 0.15) is 36.5 Å². The molecule has 2 N–H and O–H groups in total. The Morgan fingerprint density at radius 2 is 2.26 bits per heavy atom. The van der Waals surface area contributed by atoms with E-state index >= 15 is 0 Å². The van der Waals surface area contributed by atoms with Crippen LogP contribution in [0, 0.1) is 5.92 Å². The highest BCUT2D eigenvalue weighted by molar-refractivity contribution is 9.10. The van der Waals surface area contributed by atoms with Crippen LogP contribution in [0.25, 0.3) is 0 Å². The maximum atomic E-state index is 12.4. The second kappa shape index (κ2) is 7.15. The molecule has 1 fully saturated rings. The van der Waals surface area contributed by atoms with Crippen molar-refractivity contribution in [1.29, 1.82) is 0 Å². The fourth-order valence-corrected chi connectivity index (χ4v) is 2.86. The summed E-state index contributed by atoms with van der Waals surface area (Å²) >= 11 is 3.36. The first-order valence-electron chi connectivity index (χ1n) is 6.46. The van der Waals surface area contributed by atoms with Crippen LogP contribution >= 0.6 is 28.3 Å². The molecular weight excluding hydrogens is 328 g/mol. The van der Waals surface area contributed by atoms with E-state index in [-0.39, 0.29) is 18.3 Å². The number of nitrogens with two attached hydrogens (primary N) is 1. The van der Waals surface area contributed by atoms with E-state index in [0.29, 0.717) is 17.2 Å². The molecule has 5 heteroatoms. The first kappa shape index (κ1) is 16.3. The van der Waals surface area contributed by atoms with Crippen LogP contribution in [0.4, 0.5) is 5.69 Å². The van der Waals surface area contributed by atoms with E-state index in [4.69, 9.17) is 5.73 Å². The average molecular weight is 348 g/mol. The van der Waals surface area contributed by atoms with Crippen molar-refractivity contribution < 1.29 is 4.79 Å². The number of rotatable bonds is 2. The highest BCUT2D eigenvalue weighted by Gasteiger charge is 2.24. The molecule has 1 amide bonds. The predicted molar refractivity (Wildman–Crippen MR) is 84.7 cm³/mol. The Hall–Kier alpha value is -0.740. The summed E-state index contributed by atoms with van der Waals surface area (Å²) in [5, 5.41) is 0. The zero-order valence-electron chi connectivity index (χ0n) is 11.1. The number of piperidine rings is 1. The van der Waals surface area contributed by atoms with Crippen molar-refractivity contribution in [1.82, 2.24) is 4.90 Å². The number of amides is 1. The Bertz CT molecular complexity index is 453. The van der Waals surface area contributed by atoms with E-state index in [1.807, 2.05) is 11.0 Å². The second-order valence-corrected chi connectivity index (χ2v) is 5.81. The largest absolute Gasteiger partial charge is 0.398 e. The van der Waals surface area contributed by atoms with Crippen LogP contribution < -0.4 is 5.73 Å². The lowest BCUT2D eigenvalue weighted by Gasteiger charge is -2.32. The molecule has 1 aliphatic heterocycles. The van der Waals surface area contributed by atoms with Gasteiger partial charge in [-0.1, -0.05) is 29.3 Å². The minimum atomic E-state index is 0. The van der Waals surface area contributed by atoms with E-state index in [9.17, 15) is 4.79 Å². The molecule has 0 aromatic heterocycles. The van der Waals surface area contributed by atoms with Gasteiger partial charge in [0.15, 0.2) is 0 Å². The summed E-state index contributed by atoms with van der Waals surface area (Å²) < 4.78 is 0.904. The Morgan fingerprint density at radius 3 is 2.89 bits per heavy atom. The topological polar surface area (TPSA) is 46.3 Å². The number of carbonyl (C=O) groups is 1. The number of hydrogen-bond acceptors (Lipinski definition) is 2. The number of nitrogen functional groups attached to an aromatic ring is 1. The molecule has 1 saturated heterocycles. The number of halogens is 2. The number of anilines is 1. The molecule has 0 radical (unpaired) electrons. The second-order valence-electron chi connectivity index (χ2n) is 4.90. The van der Waals surface area contributed by atoms with Crippen molar-refractivity contribution in [2.45, 2.75) is 26.2 Å². The Morgan fingerprint density at radius 1 is 1.53 bits per heavy atom. The van der Waals surface area contributed by atoms with E-state index < -0.39 is 0 Å². The molecule has 0 spiro atoms. The fraction of sp³-hybridized carbons (Fsp3) is 0.500. The molecule has 1 aromatic carbocycles. The van der Waals surface area contributed by atoms with E-state index in [2.05, 4.69) is 22.9 Å². The third-order valence-corrected chi connectivity index (χ3v) is 4.12. The summed E-state index contributed by atoms with van der Waals surface area (Å²) in [6.45, 7) is 3.91. The molecule has 3 nitrogen and oxygen atoms in total. The highest BCUT2D eigenvalue weighted by Crippen LogP contribution is 2.24. The molecule has 1 unspecified atom stereocenters. The summed E-state index contributed by atoms with van der Waals surface area (Å²) in [6.07, 6.45) is 3.47. The van der Waals surface area contributed by atoms with Crippen molar-refractivity contribution >= 4 is 39.9 Å². The summed E-state index contributed by atoms with van der Waals surface area (Å²) in [5.74, 6) is 0.706. The van der Waals surface area contributed by atoms with E-state index in [0.717, 1.165) is 30.4 Å². The van der Waals surface area contributed by atoms with Gasteiger partial charge in [0.25, 0.3) is 5.91 Å². The molecule has 0 bridgehead atoms. The summed E-state index contributed by atoms with van der Waals surface area (Å²) in [6, 6.07) is 5.45. The maximum Gasteiger partial charge on any atom is 0.255 e. The zero-order valence-corrected chi connectivity index (χ0v) is 13.5. The molecule has 1 atom stereocenters. The standard InChI is InChI=1S/C14H19BrN2O.ClH/c1-2-10-4-3-7-17(9-10)14(18)12-6-5-11(15)8-13(12)16;/h5-6,8,10H,2-4,7,9,16H2,1H3;1H. The number of likely N-dealkylation sites (tertiary alicyclic amines) is 1. The summed E-state index contributed by atoms with van der Waals surface area (Å²) in [4.78, 5) is 14.4. The Kier molecular flexibility index (Phi) is 6.14. The highest BCUT2D eigenvalue weighted by atomic mass is 79.9. The average Bonchev–Trinajstić information content (AvgIpc) is 2.38. The van der Waals surface area contributed by atoms with Crippen LogP contribution in [0.15, 0.2) is 22.7 Å². The van der Waals surface area contributed by atoms with Gasteiger partial charge in [-0.25, -0.2) is 0 Å². The monoisotopic (exact) mass is 346 g/mol. The maximum absolute atomic E-state index is 12.4. The summed E-state index contributed by atoms with van der Waals surface area (Å²) in [5.41, 5.74) is 7.09. The van der Waals surface area contributed by atoms with Crippen LogP contribution in [-0.2, 0) is 0 Å². The molecule has 0 saturated carbocycles. The first-order chi connectivity index (χ1) is 8.61. The lowest BCUT2D eigenvalue weighted by atomic mass is 9.95. The lowest BCUT2D eigenvalue weighted by molar-refractivity contribution is 0.0672. The van der Waals surface area contributed by atoms with Gasteiger partial charge in [-0.2, -0.15) is 0 Å². The van der Waals surface area contributed by atoms with E-state index in [1.165, 1.54) is 6.42 Å². The normalized spacial score (nSPS) is 18.8. The first-order valence-corrected chi connectivity index (χ1v) is 7.25. The van der Waals surface area contributed by atoms with Gasteiger partial charge >= 0.3 is 0 Å². The molecule has 1 aromatic rings. The lowest BCUT2D eigenvalue weighted by Crippen LogP contribution is -2.40. The molecule has 1 aliphatic rings. The van der Waals surface area contributed by atoms with Gasteiger partial charge < -0.3 is 10.6 Å². The SMILES string of the molecule is CCC1CCCN(C(=O)c2ccc(Br)cc2N)C1.Cl. The molecule has 0 aliphatic carbocycles. The summed E-state index contributed by atoms with van der Waals surface area (Å²) in [7, 11) is 0. The zero-order chi connectivity index (χ0) is 13.1. The van der Waals surface area contributed by atoms with Crippen molar-refractivity contribution in [3.8, 4) is 0 Å². The van der Waals surface area contributed by atoms with Crippen molar-refractivity contribution in [3.63, 3.8) is 0 Å². The van der Waals surface area contributed by atoms with Gasteiger partial charge in [0.05, 0.1) is 5.56 Å². The number of carbonyl (C=O) groups excluding carboxylic acids is 1. The third-order valence-electron chi connectivity index (χ3n) is 3.63. The van der Waals surface area contributed by atoms with Crippen molar-refractivity contribution in [3.05, 3.63) is 28.2 Å². The van der Waals surface area contributed by atoms with Gasteiger partial charge in [-0.15, -0.1) is 12.4 Å². The van der Waals surface area contributed by atoms with Gasteiger partial charge in [0.2, 0.25) is 0 Å². The Balaban J connectivity index is 0.00000180. The number of benzene rings is 1. The van der Waals surface area contributed by atoms with Crippen LogP contribution in [0.5, 0.6) is 0 Å². The minimum Gasteiger partial charge on any atom is -0.398 e. The minimum absolute atomic E-state index is 0. The van der Waals surface area contributed by atoms with Gasteiger partial charge in [-0.3, -0.25) is 4.79 Å². The van der Waals surface area contributed by atoms with Crippen LogP contribution in [0.3, 0.4) is 0 Å².